The Morgan fingerprint density at radius 3 is 2.88 bits per heavy atom. The highest BCUT2D eigenvalue weighted by molar-refractivity contribution is 9.10. The minimum absolute atomic E-state index is 0.0871. The summed E-state index contributed by atoms with van der Waals surface area (Å²) in [5, 5.41) is 11.8. The zero-order chi connectivity index (χ0) is 17.1. The van der Waals surface area contributed by atoms with Gasteiger partial charge in [-0.3, -0.25) is 4.79 Å². The maximum absolute atomic E-state index is 12.1. The Balaban J connectivity index is 1.63. The second-order valence-electron chi connectivity index (χ2n) is 5.18. The zero-order valence-corrected chi connectivity index (χ0v) is 15.5. The van der Waals surface area contributed by atoms with Crippen molar-refractivity contribution >= 4 is 39.3 Å². The van der Waals surface area contributed by atoms with Crippen molar-refractivity contribution in [3.8, 4) is 11.6 Å². The molecule has 124 valence electrons. The van der Waals surface area contributed by atoms with Gasteiger partial charge in [0.15, 0.2) is 21.4 Å². The predicted octanol–water partition coefficient (Wildman–Crippen LogP) is 3.88. The number of benzene rings is 1. The van der Waals surface area contributed by atoms with Gasteiger partial charge in [0.2, 0.25) is 5.91 Å². The topological polar surface area (TPSA) is 73.0 Å². The molecule has 8 heteroatoms. The van der Waals surface area contributed by atoms with E-state index < -0.39 is 0 Å². The van der Waals surface area contributed by atoms with Crippen molar-refractivity contribution < 1.29 is 9.21 Å². The summed E-state index contributed by atoms with van der Waals surface area (Å²) in [7, 11) is 1.84. The first-order valence-electron chi connectivity index (χ1n) is 7.17. The first-order valence-corrected chi connectivity index (χ1v) is 8.95. The molecule has 0 radical (unpaired) electrons. The van der Waals surface area contributed by atoms with Crippen LogP contribution in [0.2, 0.25) is 0 Å². The summed E-state index contributed by atoms with van der Waals surface area (Å²) in [6.07, 6.45) is 0. The largest absolute Gasteiger partial charge is 0.446 e. The SMILES string of the molecule is Cc1cccc(NC(=O)CSc2nnc(-c3ccc(Br)o3)n2C)c1. The fourth-order valence-corrected chi connectivity index (χ4v) is 3.16. The van der Waals surface area contributed by atoms with E-state index in [1.807, 2.05) is 44.3 Å². The third-order valence-corrected chi connectivity index (χ3v) is 4.71. The first-order chi connectivity index (χ1) is 11.5. The predicted molar refractivity (Wildman–Crippen MR) is 96.9 cm³/mol. The fraction of sp³-hybridized carbons (Fsp3) is 0.188. The van der Waals surface area contributed by atoms with Gasteiger partial charge in [0, 0.05) is 12.7 Å². The molecule has 0 saturated heterocycles. The molecule has 3 rings (SSSR count). The van der Waals surface area contributed by atoms with Crippen LogP contribution < -0.4 is 5.32 Å². The van der Waals surface area contributed by atoms with Crippen LogP contribution in [0.4, 0.5) is 5.69 Å². The summed E-state index contributed by atoms with van der Waals surface area (Å²) in [5.74, 6) is 1.40. The van der Waals surface area contributed by atoms with E-state index in [-0.39, 0.29) is 11.7 Å². The molecule has 0 saturated carbocycles. The van der Waals surface area contributed by atoms with Crippen LogP contribution in [0.3, 0.4) is 0 Å². The third kappa shape index (κ3) is 3.88. The number of carbonyl (C=O) groups is 1. The summed E-state index contributed by atoms with van der Waals surface area (Å²) in [6, 6.07) is 11.3. The van der Waals surface area contributed by atoms with E-state index in [0.717, 1.165) is 11.3 Å². The summed E-state index contributed by atoms with van der Waals surface area (Å²) in [5.41, 5.74) is 1.89. The van der Waals surface area contributed by atoms with Crippen LogP contribution in [0.5, 0.6) is 0 Å². The molecule has 6 nitrogen and oxygen atoms in total. The van der Waals surface area contributed by atoms with Gasteiger partial charge in [-0.1, -0.05) is 23.9 Å². The van der Waals surface area contributed by atoms with Crippen molar-refractivity contribution in [3.05, 3.63) is 46.6 Å². The van der Waals surface area contributed by atoms with Crippen molar-refractivity contribution in [2.75, 3.05) is 11.1 Å². The molecular weight excluding hydrogens is 392 g/mol. The van der Waals surface area contributed by atoms with E-state index in [1.165, 1.54) is 11.8 Å². The molecule has 3 aromatic rings. The minimum atomic E-state index is -0.0871. The zero-order valence-electron chi connectivity index (χ0n) is 13.1. The number of rotatable bonds is 5. The summed E-state index contributed by atoms with van der Waals surface area (Å²) in [6.45, 7) is 1.98. The average Bonchev–Trinajstić information content (AvgIpc) is 3.11. The van der Waals surface area contributed by atoms with Gasteiger partial charge >= 0.3 is 0 Å². The number of nitrogens with one attached hydrogen (secondary N) is 1. The van der Waals surface area contributed by atoms with Gasteiger partial charge in [-0.25, -0.2) is 0 Å². The molecule has 1 amide bonds. The molecule has 0 aliphatic carbocycles. The molecular formula is C16H15BrN4O2S. The molecule has 0 bridgehead atoms. The van der Waals surface area contributed by atoms with Crippen molar-refractivity contribution in [3.63, 3.8) is 0 Å². The van der Waals surface area contributed by atoms with Gasteiger partial charge in [-0.05, 0) is 52.7 Å². The third-order valence-electron chi connectivity index (χ3n) is 3.26. The van der Waals surface area contributed by atoms with Crippen LogP contribution in [0.25, 0.3) is 11.6 Å². The molecule has 1 aromatic carbocycles. The van der Waals surface area contributed by atoms with E-state index in [2.05, 4.69) is 31.4 Å². The number of furan rings is 1. The van der Waals surface area contributed by atoms with Crippen molar-refractivity contribution in [1.29, 1.82) is 0 Å². The Bertz CT molecular complexity index is 875. The van der Waals surface area contributed by atoms with E-state index >= 15 is 0 Å². The Kier molecular flexibility index (Phi) is 5.06. The van der Waals surface area contributed by atoms with E-state index in [0.29, 0.717) is 21.4 Å². The molecule has 1 N–H and O–H groups in total. The Morgan fingerprint density at radius 1 is 1.33 bits per heavy atom. The normalized spacial score (nSPS) is 10.8. The van der Waals surface area contributed by atoms with Gasteiger partial charge in [0.05, 0.1) is 5.75 Å². The number of amides is 1. The molecule has 2 heterocycles. The van der Waals surface area contributed by atoms with Crippen LogP contribution in [0.1, 0.15) is 5.56 Å². The lowest BCUT2D eigenvalue weighted by Crippen LogP contribution is -2.14. The van der Waals surface area contributed by atoms with Crippen LogP contribution in [-0.4, -0.2) is 26.4 Å². The van der Waals surface area contributed by atoms with Crippen molar-refractivity contribution in [2.45, 2.75) is 12.1 Å². The van der Waals surface area contributed by atoms with E-state index in [1.54, 1.807) is 10.6 Å². The van der Waals surface area contributed by atoms with Crippen LogP contribution in [0.15, 0.2) is 50.6 Å². The number of hydrogen-bond acceptors (Lipinski definition) is 5. The Labute approximate surface area is 151 Å². The average molecular weight is 407 g/mol. The number of carbonyl (C=O) groups excluding carboxylic acids is 1. The van der Waals surface area contributed by atoms with Gasteiger partial charge in [0.1, 0.15) is 0 Å². The molecule has 0 unspecified atom stereocenters. The number of aromatic nitrogens is 3. The van der Waals surface area contributed by atoms with Gasteiger partial charge in [-0.2, -0.15) is 0 Å². The molecule has 2 aromatic heterocycles. The second kappa shape index (κ2) is 7.23. The van der Waals surface area contributed by atoms with Crippen LogP contribution >= 0.6 is 27.7 Å². The smallest absolute Gasteiger partial charge is 0.234 e. The van der Waals surface area contributed by atoms with E-state index in [9.17, 15) is 4.79 Å². The molecule has 0 aliphatic heterocycles. The lowest BCUT2D eigenvalue weighted by molar-refractivity contribution is -0.113. The fourth-order valence-electron chi connectivity index (χ4n) is 2.14. The highest BCUT2D eigenvalue weighted by atomic mass is 79.9. The maximum atomic E-state index is 12.1. The first kappa shape index (κ1) is 16.8. The molecule has 24 heavy (non-hydrogen) atoms. The highest BCUT2D eigenvalue weighted by Crippen LogP contribution is 2.26. The van der Waals surface area contributed by atoms with Crippen LogP contribution in [0, 0.1) is 6.92 Å². The highest BCUT2D eigenvalue weighted by Gasteiger charge is 2.15. The van der Waals surface area contributed by atoms with Gasteiger partial charge < -0.3 is 14.3 Å². The lowest BCUT2D eigenvalue weighted by atomic mass is 10.2. The number of nitrogens with zero attached hydrogens (tertiary/aromatic N) is 3. The summed E-state index contributed by atoms with van der Waals surface area (Å²) in [4.78, 5) is 12.1. The molecule has 0 fully saturated rings. The number of aryl methyl sites for hydroxylation is 1. The minimum Gasteiger partial charge on any atom is -0.446 e. The second-order valence-corrected chi connectivity index (χ2v) is 6.90. The van der Waals surface area contributed by atoms with Crippen molar-refractivity contribution in [2.24, 2.45) is 7.05 Å². The quantitative estimate of drug-likeness (QED) is 0.650. The summed E-state index contributed by atoms with van der Waals surface area (Å²) < 4.78 is 7.92. The molecule has 0 aliphatic rings. The molecule has 0 atom stereocenters. The maximum Gasteiger partial charge on any atom is 0.234 e. The number of hydrogen-bond donors (Lipinski definition) is 1. The number of anilines is 1. The van der Waals surface area contributed by atoms with Crippen LogP contribution in [-0.2, 0) is 11.8 Å². The number of thioether (sulfide) groups is 1. The van der Waals surface area contributed by atoms with Gasteiger partial charge in [0.25, 0.3) is 0 Å². The lowest BCUT2D eigenvalue weighted by Gasteiger charge is -2.06. The molecule has 0 spiro atoms. The van der Waals surface area contributed by atoms with Crippen molar-refractivity contribution in [1.82, 2.24) is 14.8 Å². The standard InChI is InChI=1S/C16H15BrN4O2S/c1-10-4-3-5-11(8-10)18-14(22)9-24-16-20-19-15(21(16)2)12-6-7-13(17)23-12/h3-8H,9H2,1-2H3,(H,18,22). The van der Waals surface area contributed by atoms with Gasteiger partial charge in [-0.15, -0.1) is 10.2 Å². The Morgan fingerprint density at radius 2 is 2.17 bits per heavy atom. The Hall–Kier alpha value is -2.06. The summed E-state index contributed by atoms with van der Waals surface area (Å²) >= 11 is 4.59. The monoisotopic (exact) mass is 406 g/mol. The number of halogens is 1. The van der Waals surface area contributed by atoms with E-state index in [4.69, 9.17) is 4.42 Å².